The lowest BCUT2D eigenvalue weighted by atomic mass is 9.97. The van der Waals surface area contributed by atoms with Gasteiger partial charge >= 0.3 is 0 Å². The minimum atomic E-state index is -0.328. The van der Waals surface area contributed by atoms with Gasteiger partial charge in [0.1, 0.15) is 5.75 Å². The van der Waals surface area contributed by atoms with Gasteiger partial charge in [-0.2, -0.15) is 0 Å². The van der Waals surface area contributed by atoms with Crippen molar-refractivity contribution in [2.24, 2.45) is 0 Å². The second kappa shape index (κ2) is 9.20. The van der Waals surface area contributed by atoms with E-state index in [9.17, 15) is 9.59 Å². The molecule has 0 aliphatic heterocycles. The van der Waals surface area contributed by atoms with E-state index in [4.69, 9.17) is 4.74 Å². The van der Waals surface area contributed by atoms with Gasteiger partial charge in [-0.1, -0.05) is 36.4 Å². The third-order valence-corrected chi connectivity index (χ3v) is 5.96. The normalized spacial score (nSPS) is 11.7. The number of hydrogen-bond acceptors (Lipinski definition) is 5. The lowest BCUT2D eigenvalue weighted by Crippen LogP contribution is -2.18. The Morgan fingerprint density at radius 1 is 0.969 bits per heavy atom. The first-order valence-corrected chi connectivity index (χ1v) is 11.0. The second-order valence-electron chi connectivity index (χ2n) is 7.48. The highest BCUT2D eigenvalue weighted by Gasteiger charge is 2.17. The van der Waals surface area contributed by atoms with Crippen molar-refractivity contribution in [1.29, 1.82) is 0 Å². The Kier molecular flexibility index (Phi) is 6.18. The number of rotatable bonds is 6. The second-order valence-corrected chi connectivity index (χ2v) is 8.34. The molecule has 0 aliphatic carbocycles. The van der Waals surface area contributed by atoms with Crippen LogP contribution in [0.3, 0.4) is 0 Å². The number of amides is 2. The zero-order valence-corrected chi connectivity index (χ0v) is 18.8. The van der Waals surface area contributed by atoms with Gasteiger partial charge < -0.3 is 15.4 Å². The van der Waals surface area contributed by atoms with Crippen LogP contribution >= 0.6 is 11.3 Å². The molecule has 0 aliphatic rings. The smallest absolute Gasteiger partial charge is 0.233 e. The number of hydrogen-bond donors (Lipinski definition) is 2. The number of carbonyl (C=O) groups excluding carboxylic acids is 2. The van der Waals surface area contributed by atoms with Crippen molar-refractivity contribution in [2.45, 2.75) is 19.8 Å². The zero-order chi connectivity index (χ0) is 22.7. The Morgan fingerprint density at radius 3 is 2.41 bits per heavy atom. The van der Waals surface area contributed by atoms with Crippen LogP contribution in [0.5, 0.6) is 5.75 Å². The van der Waals surface area contributed by atoms with Crippen LogP contribution in [0.2, 0.25) is 0 Å². The number of ether oxygens (including phenoxy) is 1. The Balaban J connectivity index is 1.45. The van der Waals surface area contributed by atoms with E-state index in [1.165, 1.54) is 18.3 Å². The predicted molar refractivity (Wildman–Crippen MR) is 129 cm³/mol. The van der Waals surface area contributed by atoms with Gasteiger partial charge in [0, 0.05) is 23.6 Å². The molecule has 0 saturated carbocycles. The van der Waals surface area contributed by atoms with Crippen molar-refractivity contribution in [2.75, 3.05) is 17.7 Å². The maximum absolute atomic E-state index is 12.8. The first kappa shape index (κ1) is 21.5. The summed E-state index contributed by atoms with van der Waals surface area (Å²) >= 11 is 1.38. The van der Waals surface area contributed by atoms with Crippen molar-refractivity contribution >= 4 is 44.7 Å². The van der Waals surface area contributed by atoms with Gasteiger partial charge in [-0.15, -0.1) is 11.3 Å². The fourth-order valence-electron chi connectivity index (χ4n) is 3.39. The Labute approximate surface area is 190 Å². The van der Waals surface area contributed by atoms with Gasteiger partial charge in [-0.25, -0.2) is 4.98 Å². The Hall–Kier alpha value is -3.71. The van der Waals surface area contributed by atoms with E-state index in [0.717, 1.165) is 39.0 Å². The summed E-state index contributed by atoms with van der Waals surface area (Å²) in [4.78, 5) is 28.5. The number of benzene rings is 3. The van der Waals surface area contributed by atoms with Crippen molar-refractivity contribution in [1.82, 2.24) is 4.98 Å². The molecule has 2 amide bonds. The summed E-state index contributed by atoms with van der Waals surface area (Å²) in [6.45, 7) is 3.36. The molecule has 2 N–H and O–H groups in total. The van der Waals surface area contributed by atoms with Crippen LogP contribution in [0.25, 0.3) is 22.0 Å². The molecule has 6 nitrogen and oxygen atoms in total. The molecular formula is C25H23N3O3S. The van der Waals surface area contributed by atoms with Gasteiger partial charge in [0.25, 0.3) is 0 Å². The molecule has 4 rings (SSSR count). The number of nitrogens with one attached hydrogen (secondary N) is 2. The minimum Gasteiger partial charge on any atom is -0.497 e. The van der Waals surface area contributed by atoms with Crippen molar-refractivity contribution in [3.8, 4) is 17.0 Å². The molecule has 1 aromatic heterocycles. The molecule has 1 atom stereocenters. The molecular weight excluding hydrogens is 422 g/mol. The summed E-state index contributed by atoms with van der Waals surface area (Å²) in [6.07, 6.45) is 0. The summed E-state index contributed by atoms with van der Waals surface area (Å²) in [5.74, 6) is 0.252. The lowest BCUT2D eigenvalue weighted by Gasteiger charge is -2.12. The fraction of sp³-hybridized carbons (Fsp3) is 0.160. The van der Waals surface area contributed by atoms with Crippen LogP contribution in [0.15, 0.2) is 66.0 Å². The molecule has 0 spiro atoms. The molecule has 162 valence electrons. The van der Waals surface area contributed by atoms with E-state index < -0.39 is 0 Å². The lowest BCUT2D eigenvalue weighted by molar-refractivity contribution is -0.117. The van der Waals surface area contributed by atoms with Crippen LogP contribution in [-0.4, -0.2) is 23.9 Å². The average molecular weight is 446 g/mol. The molecule has 32 heavy (non-hydrogen) atoms. The molecule has 1 heterocycles. The average Bonchev–Trinajstić information content (AvgIpc) is 3.26. The first-order valence-electron chi connectivity index (χ1n) is 10.1. The van der Waals surface area contributed by atoms with Gasteiger partial charge in [-0.05, 0) is 47.5 Å². The largest absolute Gasteiger partial charge is 0.497 e. The molecule has 0 radical (unpaired) electrons. The number of methoxy groups -OCH3 is 1. The molecule has 3 aromatic carbocycles. The van der Waals surface area contributed by atoms with Crippen molar-refractivity contribution in [3.05, 3.63) is 71.6 Å². The predicted octanol–water partition coefficient (Wildman–Crippen LogP) is 5.67. The van der Waals surface area contributed by atoms with E-state index in [-0.39, 0.29) is 17.7 Å². The number of nitrogens with zero attached hydrogens (tertiary/aromatic N) is 1. The highest BCUT2D eigenvalue weighted by atomic mass is 32.1. The van der Waals surface area contributed by atoms with Crippen LogP contribution in [-0.2, 0) is 9.59 Å². The maximum Gasteiger partial charge on any atom is 0.233 e. The van der Waals surface area contributed by atoms with E-state index in [0.29, 0.717) is 5.13 Å². The third-order valence-electron chi connectivity index (χ3n) is 5.20. The number of aromatic nitrogens is 1. The molecule has 0 unspecified atom stereocenters. The quantitative estimate of drug-likeness (QED) is 0.401. The summed E-state index contributed by atoms with van der Waals surface area (Å²) in [5, 5.41) is 10.2. The molecule has 7 heteroatoms. The van der Waals surface area contributed by atoms with Crippen LogP contribution in [0, 0.1) is 0 Å². The highest BCUT2D eigenvalue weighted by Crippen LogP contribution is 2.29. The zero-order valence-electron chi connectivity index (χ0n) is 18.0. The number of carbonyl (C=O) groups is 2. The number of anilines is 2. The van der Waals surface area contributed by atoms with Crippen LogP contribution < -0.4 is 15.4 Å². The standard InChI is InChI=1S/C25H23N3O3S/c1-15(18-4-5-20-13-22(31-3)11-8-19(20)12-18)24(30)28-25-27-23(14-32-25)17-6-9-21(10-7-17)26-16(2)29/h4-15H,1-3H3,(H,26,29)(H,27,28,30)/t15-/m0/s1. The molecule has 0 fully saturated rings. The molecule has 0 saturated heterocycles. The SMILES string of the molecule is COc1ccc2cc([C@H](C)C(=O)Nc3nc(-c4ccc(NC(C)=O)cc4)cs3)ccc2c1. The number of thiazole rings is 1. The molecule has 4 aromatic rings. The summed E-state index contributed by atoms with van der Waals surface area (Å²) in [5.41, 5.74) is 3.35. The Morgan fingerprint density at radius 2 is 1.69 bits per heavy atom. The van der Waals surface area contributed by atoms with E-state index in [2.05, 4.69) is 15.6 Å². The van der Waals surface area contributed by atoms with E-state index in [1.807, 2.05) is 73.0 Å². The van der Waals surface area contributed by atoms with Crippen molar-refractivity contribution in [3.63, 3.8) is 0 Å². The van der Waals surface area contributed by atoms with Crippen LogP contribution in [0.1, 0.15) is 25.3 Å². The fourth-order valence-corrected chi connectivity index (χ4v) is 4.12. The van der Waals surface area contributed by atoms with Crippen LogP contribution in [0.4, 0.5) is 10.8 Å². The van der Waals surface area contributed by atoms with Gasteiger partial charge in [0.15, 0.2) is 5.13 Å². The first-order chi connectivity index (χ1) is 15.4. The topological polar surface area (TPSA) is 80.3 Å². The number of fused-ring (bicyclic) bond motifs is 1. The monoisotopic (exact) mass is 445 g/mol. The van der Waals surface area contributed by atoms with Crippen molar-refractivity contribution < 1.29 is 14.3 Å². The highest BCUT2D eigenvalue weighted by molar-refractivity contribution is 7.14. The minimum absolute atomic E-state index is 0.111. The summed E-state index contributed by atoms with van der Waals surface area (Å²) in [6, 6.07) is 19.3. The summed E-state index contributed by atoms with van der Waals surface area (Å²) < 4.78 is 5.27. The van der Waals surface area contributed by atoms with Gasteiger partial charge in [0.05, 0.1) is 18.7 Å². The van der Waals surface area contributed by atoms with Gasteiger partial charge in [0.2, 0.25) is 11.8 Å². The third kappa shape index (κ3) is 4.78. The molecule has 0 bridgehead atoms. The maximum atomic E-state index is 12.8. The van der Waals surface area contributed by atoms with E-state index in [1.54, 1.807) is 7.11 Å². The summed E-state index contributed by atoms with van der Waals surface area (Å²) in [7, 11) is 1.65. The van der Waals surface area contributed by atoms with E-state index >= 15 is 0 Å². The van der Waals surface area contributed by atoms with Gasteiger partial charge in [-0.3, -0.25) is 9.59 Å². The Bertz CT molecular complexity index is 1280.